The molecular formula is C9H11BN4O. The van der Waals surface area contributed by atoms with Gasteiger partial charge in [-0.2, -0.15) is 5.10 Å². The molecule has 0 amide bonds. The predicted octanol–water partition coefficient (Wildman–Crippen LogP) is 0.746. The van der Waals surface area contributed by atoms with Gasteiger partial charge in [0.25, 0.3) is 0 Å². The fraction of sp³-hybridized carbons (Fsp3) is 0. The summed E-state index contributed by atoms with van der Waals surface area (Å²) in [6.45, 7) is 3.71. The van der Waals surface area contributed by atoms with Gasteiger partial charge in [-0.15, -0.1) is 0 Å². The molecule has 0 atom stereocenters. The SMILES string of the molecule is [B]/C(N)=C(O)/C=C\C(=C)Nc1cn[nH]c1. The van der Waals surface area contributed by atoms with E-state index in [4.69, 9.17) is 18.7 Å². The zero-order chi connectivity index (χ0) is 11.3. The first-order chi connectivity index (χ1) is 7.09. The molecule has 0 aliphatic carbocycles. The van der Waals surface area contributed by atoms with E-state index in [2.05, 4.69) is 22.1 Å². The van der Waals surface area contributed by atoms with Gasteiger partial charge in [-0.25, -0.2) is 0 Å². The van der Waals surface area contributed by atoms with E-state index in [9.17, 15) is 0 Å². The molecule has 0 aromatic carbocycles. The third-order valence-corrected chi connectivity index (χ3v) is 1.54. The van der Waals surface area contributed by atoms with Crippen LogP contribution in [-0.4, -0.2) is 23.2 Å². The Bertz CT molecular complexity index is 390. The summed E-state index contributed by atoms with van der Waals surface area (Å²) in [6.07, 6.45) is 6.17. The summed E-state index contributed by atoms with van der Waals surface area (Å²) in [5.41, 5.74) is 6.36. The van der Waals surface area contributed by atoms with E-state index in [1.54, 1.807) is 18.5 Å². The monoisotopic (exact) mass is 202 g/mol. The molecule has 76 valence electrons. The number of nitrogens with one attached hydrogen (secondary N) is 2. The molecule has 1 aromatic heterocycles. The number of allylic oxidation sites excluding steroid dienone is 2. The first-order valence-corrected chi connectivity index (χ1v) is 4.16. The van der Waals surface area contributed by atoms with Crippen LogP contribution in [-0.2, 0) is 0 Å². The third kappa shape index (κ3) is 3.64. The number of aliphatic hydroxyl groups excluding tert-OH is 1. The fourth-order valence-electron chi connectivity index (χ4n) is 0.822. The maximum Gasteiger partial charge on any atom is 0.142 e. The lowest BCUT2D eigenvalue weighted by molar-refractivity contribution is 0.428. The molecular weight excluding hydrogens is 191 g/mol. The summed E-state index contributed by atoms with van der Waals surface area (Å²) in [6, 6.07) is 0. The Balaban J connectivity index is 2.54. The molecule has 5 nitrogen and oxygen atoms in total. The van der Waals surface area contributed by atoms with Crippen LogP contribution in [0.2, 0.25) is 0 Å². The van der Waals surface area contributed by atoms with Crippen molar-refractivity contribution in [2.75, 3.05) is 5.32 Å². The molecule has 0 aliphatic heterocycles. The minimum Gasteiger partial charge on any atom is -0.507 e. The molecule has 2 radical (unpaired) electrons. The summed E-state index contributed by atoms with van der Waals surface area (Å²) < 4.78 is 0. The molecule has 5 N–H and O–H groups in total. The number of rotatable bonds is 4. The topological polar surface area (TPSA) is 87.0 Å². The van der Waals surface area contributed by atoms with Crippen LogP contribution in [0.1, 0.15) is 0 Å². The number of aliphatic hydroxyl groups is 1. The summed E-state index contributed by atoms with van der Waals surface area (Å²) in [5.74, 6) is -0.190. The van der Waals surface area contributed by atoms with Crippen molar-refractivity contribution in [1.82, 2.24) is 10.2 Å². The number of aromatic amines is 1. The highest BCUT2D eigenvalue weighted by Gasteiger charge is 1.93. The molecule has 0 fully saturated rings. The van der Waals surface area contributed by atoms with Crippen LogP contribution in [0.25, 0.3) is 0 Å². The van der Waals surface area contributed by atoms with Gasteiger partial charge in [0.2, 0.25) is 0 Å². The van der Waals surface area contributed by atoms with Crippen LogP contribution in [0.15, 0.2) is 48.2 Å². The second-order valence-electron chi connectivity index (χ2n) is 2.81. The fourth-order valence-corrected chi connectivity index (χ4v) is 0.822. The summed E-state index contributed by atoms with van der Waals surface area (Å²) in [4.78, 5) is 0. The largest absolute Gasteiger partial charge is 0.507 e. The Hall–Kier alpha value is -2.11. The standard InChI is InChI=1S/C9H11BN4O/c1-6(2-3-8(15)9(10)11)14-7-4-12-13-5-7/h2-5,14-15H,1,11H2,(H,12,13)/b3-2-,9-8+. The van der Waals surface area contributed by atoms with Crippen molar-refractivity contribution in [3.8, 4) is 0 Å². The van der Waals surface area contributed by atoms with E-state index in [0.29, 0.717) is 5.70 Å². The highest BCUT2D eigenvalue weighted by molar-refractivity contribution is 6.21. The van der Waals surface area contributed by atoms with Gasteiger partial charge in [0, 0.05) is 11.9 Å². The van der Waals surface area contributed by atoms with Crippen LogP contribution in [0.5, 0.6) is 0 Å². The zero-order valence-electron chi connectivity index (χ0n) is 8.07. The highest BCUT2D eigenvalue weighted by Crippen LogP contribution is 2.06. The van der Waals surface area contributed by atoms with E-state index >= 15 is 0 Å². The van der Waals surface area contributed by atoms with Crippen molar-refractivity contribution in [1.29, 1.82) is 0 Å². The average Bonchev–Trinajstić information content (AvgIpc) is 2.66. The highest BCUT2D eigenvalue weighted by atomic mass is 16.3. The molecule has 0 spiro atoms. The number of anilines is 1. The molecule has 15 heavy (non-hydrogen) atoms. The van der Waals surface area contributed by atoms with Gasteiger partial charge >= 0.3 is 0 Å². The van der Waals surface area contributed by atoms with Crippen LogP contribution in [0.3, 0.4) is 0 Å². The van der Waals surface area contributed by atoms with Crippen molar-refractivity contribution < 1.29 is 5.11 Å². The number of aromatic nitrogens is 2. The van der Waals surface area contributed by atoms with Crippen molar-refractivity contribution in [3.05, 3.63) is 48.2 Å². The van der Waals surface area contributed by atoms with Gasteiger partial charge in [0.05, 0.1) is 11.9 Å². The summed E-state index contributed by atoms with van der Waals surface area (Å²) >= 11 is 0. The molecule has 1 heterocycles. The van der Waals surface area contributed by atoms with Crippen LogP contribution in [0, 0.1) is 0 Å². The second-order valence-corrected chi connectivity index (χ2v) is 2.81. The molecule has 0 aliphatic rings. The van der Waals surface area contributed by atoms with Crippen molar-refractivity contribution in [2.45, 2.75) is 0 Å². The van der Waals surface area contributed by atoms with Crippen LogP contribution < -0.4 is 11.1 Å². The number of hydrogen-bond acceptors (Lipinski definition) is 4. The van der Waals surface area contributed by atoms with Crippen molar-refractivity contribution in [2.24, 2.45) is 5.73 Å². The Labute approximate surface area is 88.8 Å². The van der Waals surface area contributed by atoms with Crippen molar-refractivity contribution in [3.63, 3.8) is 0 Å². The minimum absolute atomic E-state index is 0.137. The van der Waals surface area contributed by atoms with E-state index in [1.807, 2.05) is 0 Å². The van der Waals surface area contributed by atoms with Crippen molar-refractivity contribution >= 4 is 13.5 Å². The summed E-state index contributed by atoms with van der Waals surface area (Å²) in [5, 5.41) is 18.5. The number of hydrogen-bond donors (Lipinski definition) is 4. The molecule has 0 unspecified atom stereocenters. The smallest absolute Gasteiger partial charge is 0.142 e. The lowest BCUT2D eigenvalue weighted by atomic mass is 10.0. The lowest BCUT2D eigenvalue weighted by Gasteiger charge is -2.01. The Morgan fingerprint density at radius 2 is 2.40 bits per heavy atom. The number of H-pyrrole nitrogens is 1. The maximum atomic E-state index is 9.16. The van der Waals surface area contributed by atoms with Gasteiger partial charge in [-0.3, -0.25) is 5.10 Å². The van der Waals surface area contributed by atoms with E-state index in [1.165, 1.54) is 6.08 Å². The van der Waals surface area contributed by atoms with Gasteiger partial charge in [0.1, 0.15) is 13.6 Å². The minimum atomic E-state index is -0.190. The van der Waals surface area contributed by atoms with E-state index < -0.39 is 0 Å². The molecule has 0 saturated heterocycles. The Morgan fingerprint density at radius 3 is 2.93 bits per heavy atom. The summed E-state index contributed by atoms with van der Waals surface area (Å²) in [7, 11) is 5.15. The second kappa shape index (κ2) is 4.95. The molecule has 6 heteroatoms. The first-order valence-electron chi connectivity index (χ1n) is 4.16. The zero-order valence-corrected chi connectivity index (χ0v) is 8.07. The Morgan fingerprint density at radius 1 is 1.67 bits per heavy atom. The van der Waals surface area contributed by atoms with E-state index in [0.717, 1.165) is 5.69 Å². The average molecular weight is 202 g/mol. The number of nitrogens with zero attached hydrogens (tertiary/aromatic N) is 1. The van der Waals surface area contributed by atoms with Gasteiger partial charge in [-0.1, -0.05) is 6.58 Å². The Kier molecular flexibility index (Phi) is 3.62. The van der Waals surface area contributed by atoms with Gasteiger partial charge in [-0.05, 0) is 17.7 Å². The predicted molar refractivity (Wildman–Crippen MR) is 60.1 cm³/mol. The molecule has 0 bridgehead atoms. The first kappa shape index (κ1) is 11.0. The van der Waals surface area contributed by atoms with Gasteiger partial charge in [0.15, 0.2) is 0 Å². The van der Waals surface area contributed by atoms with Crippen LogP contribution >= 0.6 is 0 Å². The van der Waals surface area contributed by atoms with Crippen LogP contribution in [0.4, 0.5) is 5.69 Å². The normalized spacial score (nSPS) is 12.5. The maximum absolute atomic E-state index is 9.16. The third-order valence-electron chi connectivity index (χ3n) is 1.54. The lowest BCUT2D eigenvalue weighted by Crippen LogP contribution is -2.00. The number of nitrogens with two attached hydrogens (primary N) is 1. The quantitative estimate of drug-likeness (QED) is 0.329. The van der Waals surface area contributed by atoms with Gasteiger partial charge < -0.3 is 16.2 Å². The molecule has 0 saturated carbocycles. The molecule has 1 rings (SSSR count). The molecule has 1 aromatic rings. The van der Waals surface area contributed by atoms with E-state index in [-0.39, 0.29) is 11.4 Å².